The van der Waals surface area contributed by atoms with Gasteiger partial charge in [0.05, 0.1) is 10.7 Å². The van der Waals surface area contributed by atoms with E-state index in [1.54, 1.807) is 27.0 Å². The zero-order valence-corrected chi connectivity index (χ0v) is 18.6. The van der Waals surface area contributed by atoms with E-state index in [2.05, 4.69) is 4.98 Å². The smallest absolute Gasteiger partial charge is 0.303 e. The third-order valence-corrected chi connectivity index (χ3v) is 6.50. The van der Waals surface area contributed by atoms with E-state index in [9.17, 15) is 9.59 Å². The molecule has 0 bridgehead atoms. The number of rotatable bonds is 7. The van der Waals surface area contributed by atoms with Gasteiger partial charge in [-0.1, -0.05) is 41.5 Å². The van der Waals surface area contributed by atoms with E-state index in [0.717, 1.165) is 29.0 Å². The summed E-state index contributed by atoms with van der Waals surface area (Å²) < 4.78 is 1.63. The van der Waals surface area contributed by atoms with E-state index in [1.165, 1.54) is 11.3 Å². The second kappa shape index (κ2) is 9.22. The predicted molar refractivity (Wildman–Crippen MR) is 118 cm³/mol. The van der Waals surface area contributed by atoms with Gasteiger partial charge in [0, 0.05) is 46.6 Å². The van der Waals surface area contributed by atoms with Crippen LogP contribution in [0.2, 0.25) is 10.0 Å². The zero-order valence-electron chi connectivity index (χ0n) is 15.4. The molecule has 3 rings (SSSR count). The molecule has 0 atom stereocenters. The van der Waals surface area contributed by atoms with Crippen molar-refractivity contribution in [1.29, 1.82) is 0 Å². The van der Waals surface area contributed by atoms with Crippen LogP contribution in [0.3, 0.4) is 0 Å². The van der Waals surface area contributed by atoms with Crippen LogP contribution in [0.5, 0.6) is 0 Å². The fraction of sp³-hybridized carbons (Fsp3) is 0.316. The fourth-order valence-electron chi connectivity index (χ4n) is 2.78. The fourth-order valence-corrected chi connectivity index (χ4v) is 4.91. The van der Waals surface area contributed by atoms with Gasteiger partial charge in [-0.05, 0) is 31.5 Å². The molecule has 5 nitrogen and oxygen atoms in total. The van der Waals surface area contributed by atoms with Crippen LogP contribution in [-0.4, -0.2) is 22.0 Å². The summed E-state index contributed by atoms with van der Waals surface area (Å²) in [5.74, 6) is -0.0533. The van der Waals surface area contributed by atoms with E-state index in [4.69, 9.17) is 23.2 Å². The highest BCUT2D eigenvalue weighted by Crippen LogP contribution is 2.33. The second-order valence-corrected chi connectivity index (χ2v) is 8.73. The number of aryl methyl sites for hydroxylation is 1. The van der Waals surface area contributed by atoms with E-state index >= 15 is 0 Å². The first kappa shape index (κ1) is 21.0. The molecule has 148 valence electrons. The molecule has 3 aromatic rings. The van der Waals surface area contributed by atoms with Crippen LogP contribution in [0.1, 0.15) is 25.5 Å². The number of halogens is 2. The quantitative estimate of drug-likeness (QED) is 0.473. The molecule has 28 heavy (non-hydrogen) atoms. The van der Waals surface area contributed by atoms with Gasteiger partial charge in [-0.3, -0.25) is 14.5 Å². The first-order valence-electron chi connectivity index (χ1n) is 8.77. The molecule has 0 spiro atoms. The highest BCUT2D eigenvalue weighted by atomic mass is 35.5. The summed E-state index contributed by atoms with van der Waals surface area (Å²) >= 11 is 14.8. The first-order chi connectivity index (χ1) is 13.4. The monoisotopic (exact) mass is 455 g/mol. The Hall–Kier alpha value is -1.67. The van der Waals surface area contributed by atoms with E-state index in [1.807, 2.05) is 25.3 Å². The van der Waals surface area contributed by atoms with Crippen molar-refractivity contribution >= 4 is 56.9 Å². The minimum atomic E-state index is -0.0533. The van der Waals surface area contributed by atoms with Crippen molar-refractivity contribution in [3.05, 3.63) is 54.4 Å². The van der Waals surface area contributed by atoms with Gasteiger partial charge in [0.25, 0.3) is 0 Å². The Balaban J connectivity index is 1.79. The van der Waals surface area contributed by atoms with Crippen molar-refractivity contribution in [2.24, 2.45) is 0 Å². The summed E-state index contributed by atoms with van der Waals surface area (Å²) in [5.41, 5.74) is 2.36. The average molecular weight is 456 g/mol. The van der Waals surface area contributed by atoms with Crippen molar-refractivity contribution in [3.8, 4) is 11.3 Å². The number of thiazole rings is 2. The zero-order chi connectivity index (χ0) is 20.3. The molecule has 0 N–H and O–H groups in total. The van der Waals surface area contributed by atoms with Crippen LogP contribution < -0.4 is 9.77 Å². The first-order valence-corrected chi connectivity index (χ1v) is 11.3. The van der Waals surface area contributed by atoms with E-state index < -0.39 is 0 Å². The van der Waals surface area contributed by atoms with Gasteiger partial charge in [-0.2, -0.15) is 0 Å². The third kappa shape index (κ3) is 4.66. The Morgan fingerprint density at radius 3 is 2.68 bits per heavy atom. The molecule has 2 heterocycles. The van der Waals surface area contributed by atoms with Gasteiger partial charge in [0.15, 0.2) is 5.13 Å². The number of hydrogen-bond acceptors (Lipinski definition) is 5. The van der Waals surface area contributed by atoms with Crippen molar-refractivity contribution < 1.29 is 4.79 Å². The number of aromatic nitrogens is 2. The van der Waals surface area contributed by atoms with Gasteiger partial charge >= 0.3 is 4.87 Å². The number of nitrogens with zero attached hydrogens (tertiary/aromatic N) is 3. The van der Waals surface area contributed by atoms with Gasteiger partial charge in [-0.15, -0.1) is 11.3 Å². The molecule has 0 aliphatic rings. The molecule has 0 aliphatic heterocycles. The standard InChI is InChI=1S/C19H19Cl2N3O2S2/c1-3-7-24(17(25)6-8-23-12(2)10-28-19(23)26)18-22-16(11-27-18)14-5-4-13(20)9-15(14)21/h4-5,9-11H,3,6-8H2,1-2H3. The van der Waals surface area contributed by atoms with Crippen LogP contribution in [0.25, 0.3) is 11.3 Å². The normalized spacial score (nSPS) is 11.0. The van der Waals surface area contributed by atoms with Gasteiger partial charge < -0.3 is 4.57 Å². The van der Waals surface area contributed by atoms with Gasteiger partial charge in [-0.25, -0.2) is 4.98 Å². The van der Waals surface area contributed by atoms with Crippen LogP contribution in [0, 0.1) is 6.92 Å². The van der Waals surface area contributed by atoms with E-state index in [0.29, 0.717) is 34.0 Å². The highest BCUT2D eigenvalue weighted by molar-refractivity contribution is 7.14. The van der Waals surface area contributed by atoms with Crippen molar-refractivity contribution in [1.82, 2.24) is 9.55 Å². The number of carbonyl (C=O) groups excluding carboxylic acids is 1. The molecule has 0 saturated carbocycles. The summed E-state index contributed by atoms with van der Waals surface area (Å²) in [5, 5.41) is 5.39. The lowest BCUT2D eigenvalue weighted by Gasteiger charge is -2.19. The Morgan fingerprint density at radius 2 is 2.04 bits per heavy atom. The molecule has 1 amide bonds. The topological polar surface area (TPSA) is 55.2 Å². The number of carbonyl (C=O) groups is 1. The van der Waals surface area contributed by atoms with Crippen LogP contribution in [-0.2, 0) is 11.3 Å². The Morgan fingerprint density at radius 1 is 1.25 bits per heavy atom. The minimum Gasteiger partial charge on any atom is -0.303 e. The van der Waals surface area contributed by atoms with Crippen LogP contribution in [0.15, 0.2) is 33.8 Å². The molecular formula is C19H19Cl2N3O2S2. The lowest BCUT2D eigenvalue weighted by atomic mass is 10.2. The number of anilines is 1. The summed E-state index contributed by atoms with van der Waals surface area (Å²) in [4.78, 5) is 31.0. The SMILES string of the molecule is CCCN(C(=O)CCn1c(C)csc1=O)c1nc(-c2ccc(Cl)cc2Cl)cs1. The molecule has 0 fully saturated rings. The summed E-state index contributed by atoms with van der Waals surface area (Å²) in [6.45, 7) is 4.82. The van der Waals surface area contributed by atoms with Gasteiger partial charge in [0.1, 0.15) is 0 Å². The number of benzene rings is 1. The molecule has 0 aliphatic carbocycles. The molecule has 1 aromatic carbocycles. The van der Waals surface area contributed by atoms with Crippen LogP contribution in [0.4, 0.5) is 5.13 Å². The van der Waals surface area contributed by atoms with Crippen LogP contribution >= 0.6 is 45.9 Å². The molecule has 0 saturated heterocycles. The number of hydrogen-bond donors (Lipinski definition) is 0. The maximum Gasteiger partial charge on any atom is 0.307 e. The number of amides is 1. The molecule has 0 radical (unpaired) electrons. The molecular weight excluding hydrogens is 437 g/mol. The highest BCUT2D eigenvalue weighted by Gasteiger charge is 2.20. The summed E-state index contributed by atoms with van der Waals surface area (Å²) in [6, 6.07) is 5.26. The van der Waals surface area contributed by atoms with Gasteiger partial charge in [0.2, 0.25) is 5.91 Å². The summed E-state index contributed by atoms with van der Waals surface area (Å²) in [7, 11) is 0. The summed E-state index contributed by atoms with van der Waals surface area (Å²) in [6.07, 6.45) is 1.05. The lowest BCUT2D eigenvalue weighted by molar-refractivity contribution is -0.118. The Kier molecular flexibility index (Phi) is 6.93. The van der Waals surface area contributed by atoms with Crippen molar-refractivity contribution in [3.63, 3.8) is 0 Å². The maximum atomic E-state index is 12.8. The minimum absolute atomic E-state index is 0.0405. The predicted octanol–water partition coefficient (Wildman–Crippen LogP) is 5.48. The van der Waals surface area contributed by atoms with E-state index in [-0.39, 0.29) is 17.2 Å². The second-order valence-electron chi connectivity index (χ2n) is 6.23. The molecule has 9 heteroatoms. The molecule has 2 aromatic heterocycles. The molecule has 0 unspecified atom stereocenters. The largest absolute Gasteiger partial charge is 0.307 e. The third-order valence-electron chi connectivity index (χ3n) is 4.20. The lowest BCUT2D eigenvalue weighted by Crippen LogP contribution is -2.33. The Labute approximate surface area is 181 Å². The average Bonchev–Trinajstić information content (AvgIpc) is 3.25. The van der Waals surface area contributed by atoms with Crippen molar-refractivity contribution in [2.45, 2.75) is 33.2 Å². The maximum absolute atomic E-state index is 12.8. The Bertz CT molecular complexity index is 1040. The van der Waals surface area contributed by atoms with Crippen molar-refractivity contribution in [2.75, 3.05) is 11.4 Å².